The lowest BCUT2D eigenvalue weighted by atomic mass is 10.2. The lowest BCUT2D eigenvalue weighted by molar-refractivity contribution is 0.515. The summed E-state index contributed by atoms with van der Waals surface area (Å²) in [5, 5.41) is 0. The van der Waals surface area contributed by atoms with E-state index in [0.29, 0.717) is 0 Å². The van der Waals surface area contributed by atoms with Gasteiger partial charge in [0, 0.05) is 18.4 Å². The normalized spacial score (nSPS) is 15.8. The van der Waals surface area contributed by atoms with Crippen LogP contribution >= 0.6 is 0 Å². The Morgan fingerprint density at radius 2 is 2.00 bits per heavy atom. The summed E-state index contributed by atoms with van der Waals surface area (Å²) in [5.74, 6) is 0. The van der Waals surface area contributed by atoms with Gasteiger partial charge in [-0.25, -0.2) is 0 Å². The molecule has 0 atom stereocenters. The quantitative estimate of drug-likeness (QED) is 0.702. The maximum atomic E-state index is 2.23. The zero-order valence-corrected chi connectivity index (χ0v) is 8.93. The molecule has 1 nitrogen and oxygen atoms in total. The van der Waals surface area contributed by atoms with E-state index in [1.165, 1.54) is 11.3 Å². The molecular formula is C14H15N. The van der Waals surface area contributed by atoms with Crippen LogP contribution < -0.4 is 0 Å². The van der Waals surface area contributed by atoms with E-state index in [2.05, 4.69) is 66.6 Å². The van der Waals surface area contributed by atoms with E-state index in [1.807, 2.05) is 6.07 Å². The van der Waals surface area contributed by atoms with Crippen LogP contribution in [0.4, 0.5) is 0 Å². The Kier molecular flexibility index (Phi) is 3.03. The monoisotopic (exact) mass is 197 g/mol. The molecule has 0 N–H and O–H groups in total. The minimum atomic E-state index is 0.964. The van der Waals surface area contributed by atoms with Gasteiger partial charge in [0.2, 0.25) is 0 Å². The molecule has 0 bridgehead atoms. The summed E-state index contributed by atoms with van der Waals surface area (Å²) in [6, 6.07) is 10.4. The van der Waals surface area contributed by atoms with E-state index < -0.39 is 0 Å². The molecule has 0 radical (unpaired) electrons. The molecule has 0 aliphatic carbocycles. The fourth-order valence-electron chi connectivity index (χ4n) is 1.54. The molecule has 0 saturated heterocycles. The van der Waals surface area contributed by atoms with Gasteiger partial charge in [0.25, 0.3) is 0 Å². The highest BCUT2D eigenvalue weighted by Gasteiger charge is 2.01. The summed E-state index contributed by atoms with van der Waals surface area (Å²) in [5.41, 5.74) is 2.52. The number of hydrogen-bond acceptors (Lipinski definition) is 1. The summed E-state index contributed by atoms with van der Waals surface area (Å²) in [6.07, 6.45) is 10.6. The van der Waals surface area contributed by atoms with Crippen LogP contribution in [0.2, 0.25) is 0 Å². The molecule has 0 fully saturated rings. The molecule has 1 heterocycles. The average molecular weight is 197 g/mol. The van der Waals surface area contributed by atoms with Crippen LogP contribution in [0, 0.1) is 0 Å². The van der Waals surface area contributed by atoms with Gasteiger partial charge in [-0.2, -0.15) is 0 Å². The third-order valence-electron chi connectivity index (χ3n) is 2.48. The van der Waals surface area contributed by atoms with Gasteiger partial charge in [0.05, 0.1) is 0 Å². The first-order chi connectivity index (χ1) is 7.36. The molecule has 0 spiro atoms. The van der Waals surface area contributed by atoms with Gasteiger partial charge in [-0.05, 0) is 24.6 Å². The van der Waals surface area contributed by atoms with Crippen molar-refractivity contribution in [3.8, 4) is 0 Å². The van der Waals surface area contributed by atoms with E-state index in [4.69, 9.17) is 0 Å². The second-order valence-electron chi connectivity index (χ2n) is 3.61. The standard InChI is InChI=1S/C14H15N/c1-13-7-5-6-11-15(13)12-10-14-8-3-2-4-9-14/h2-10,12H,11H2,1H3/b12-10+. The van der Waals surface area contributed by atoms with Crippen molar-refractivity contribution in [2.75, 3.05) is 6.54 Å². The van der Waals surface area contributed by atoms with Crippen molar-refractivity contribution < 1.29 is 0 Å². The van der Waals surface area contributed by atoms with E-state index in [9.17, 15) is 0 Å². The first-order valence-electron chi connectivity index (χ1n) is 5.19. The maximum Gasteiger partial charge on any atom is 0.0405 e. The Bertz CT molecular complexity index is 399. The van der Waals surface area contributed by atoms with Crippen molar-refractivity contribution in [2.45, 2.75) is 6.92 Å². The lowest BCUT2D eigenvalue weighted by Gasteiger charge is -2.21. The fourth-order valence-corrected chi connectivity index (χ4v) is 1.54. The molecule has 0 unspecified atom stereocenters. The highest BCUT2D eigenvalue weighted by Crippen LogP contribution is 2.11. The molecule has 1 aliphatic heterocycles. The third-order valence-corrected chi connectivity index (χ3v) is 2.48. The molecule has 1 aromatic rings. The third kappa shape index (κ3) is 2.59. The molecule has 0 amide bonds. The summed E-state index contributed by atoms with van der Waals surface area (Å²) in [6.45, 7) is 3.09. The smallest absolute Gasteiger partial charge is 0.0405 e. The summed E-state index contributed by atoms with van der Waals surface area (Å²) in [7, 11) is 0. The van der Waals surface area contributed by atoms with Crippen LogP contribution in [-0.2, 0) is 0 Å². The average Bonchev–Trinajstić information content (AvgIpc) is 2.29. The zero-order chi connectivity index (χ0) is 10.5. The minimum absolute atomic E-state index is 0.964. The molecule has 15 heavy (non-hydrogen) atoms. The summed E-state index contributed by atoms with van der Waals surface area (Å²) in [4.78, 5) is 2.23. The summed E-state index contributed by atoms with van der Waals surface area (Å²) < 4.78 is 0. The highest BCUT2D eigenvalue weighted by molar-refractivity contribution is 5.48. The Morgan fingerprint density at radius 1 is 1.20 bits per heavy atom. The SMILES string of the molecule is CC1=CC=CCN1/C=C/c1ccccc1. The molecule has 0 aromatic heterocycles. The zero-order valence-electron chi connectivity index (χ0n) is 8.93. The van der Waals surface area contributed by atoms with Gasteiger partial charge < -0.3 is 4.90 Å². The maximum absolute atomic E-state index is 2.23. The lowest BCUT2D eigenvalue weighted by Crippen LogP contribution is -2.16. The number of benzene rings is 1. The van der Waals surface area contributed by atoms with Gasteiger partial charge >= 0.3 is 0 Å². The predicted molar refractivity (Wildman–Crippen MR) is 65.1 cm³/mol. The first-order valence-corrected chi connectivity index (χ1v) is 5.19. The van der Waals surface area contributed by atoms with Crippen LogP contribution in [0.25, 0.3) is 6.08 Å². The first kappa shape index (κ1) is 9.78. The van der Waals surface area contributed by atoms with Crippen molar-refractivity contribution in [1.29, 1.82) is 0 Å². The Labute approximate surface area is 91.0 Å². The molecule has 2 rings (SSSR count). The van der Waals surface area contributed by atoms with Crippen molar-refractivity contribution in [2.24, 2.45) is 0 Å². The number of allylic oxidation sites excluding steroid dienone is 3. The minimum Gasteiger partial charge on any atom is -0.348 e. The number of rotatable bonds is 2. The van der Waals surface area contributed by atoms with E-state index in [1.54, 1.807) is 0 Å². The molecule has 1 aromatic carbocycles. The van der Waals surface area contributed by atoms with Gasteiger partial charge in [-0.1, -0.05) is 42.5 Å². The Balaban J connectivity index is 2.06. The van der Waals surface area contributed by atoms with Crippen molar-refractivity contribution in [3.05, 3.63) is 66.0 Å². The molecular weight excluding hydrogens is 182 g/mol. The van der Waals surface area contributed by atoms with Gasteiger partial charge in [0.1, 0.15) is 0 Å². The van der Waals surface area contributed by atoms with Crippen LogP contribution in [0.3, 0.4) is 0 Å². The van der Waals surface area contributed by atoms with Crippen molar-refractivity contribution in [3.63, 3.8) is 0 Å². The second kappa shape index (κ2) is 4.65. The predicted octanol–water partition coefficient (Wildman–Crippen LogP) is 3.43. The summed E-state index contributed by atoms with van der Waals surface area (Å²) >= 11 is 0. The van der Waals surface area contributed by atoms with Crippen LogP contribution in [-0.4, -0.2) is 11.4 Å². The van der Waals surface area contributed by atoms with Crippen molar-refractivity contribution in [1.82, 2.24) is 4.90 Å². The van der Waals surface area contributed by atoms with E-state index in [0.717, 1.165) is 6.54 Å². The highest BCUT2D eigenvalue weighted by atomic mass is 15.1. The Hall–Kier alpha value is -1.76. The van der Waals surface area contributed by atoms with Crippen LogP contribution in [0.15, 0.2) is 60.5 Å². The van der Waals surface area contributed by atoms with Crippen LogP contribution in [0.5, 0.6) is 0 Å². The fraction of sp³-hybridized carbons (Fsp3) is 0.143. The molecule has 76 valence electrons. The molecule has 0 saturated carbocycles. The molecule has 1 aliphatic rings. The van der Waals surface area contributed by atoms with Gasteiger partial charge in [0.15, 0.2) is 0 Å². The van der Waals surface area contributed by atoms with Crippen LogP contribution in [0.1, 0.15) is 12.5 Å². The topological polar surface area (TPSA) is 3.24 Å². The number of hydrogen-bond donors (Lipinski definition) is 0. The van der Waals surface area contributed by atoms with Gasteiger partial charge in [-0.15, -0.1) is 0 Å². The Morgan fingerprint density at radius 3 is 2.73 bits per heavy atom. The molecule has 1 heteroatoms. The van der Waals surface area contributed by atoms with Crippen molar-refractivity contribution >= 4 is 6.08 Å². The second-order valence-corrected chi connectivity index (χ2v) is 3.61. The van der Waals surface area contributed by atoms with E-state index in [-0.39, 0.29) is 0 Å². The van der Waals surface area contributed by atoms with Gasteiger partial charge in [-0.3, -0.25) is 0 Å². The number of nitrogens with zero attached hydrogens (tertiary/aromatic N) is 1. The van der Waals surface area contributed by atoms with E-state index >= 15 is 0 Å². The largest absolute Gasteiger partial charge is 0.348 e.